The lowest BCUT2D eigenvalue weighted by molar-refractivity contribution is -0.0580. The van der Waals surface area contributed by atoms with Crippen LogP contribution >= 0.6 is 0 Å². The zero-order valence-electron chi connectivity index (χ0n) is 10.8. The number of ether oxygens (including phenoxy) is 1. The highest BCUT2D eigenvalue weighted by Crippen LogP contribution is 2.60. The number of nitrogens with two attached hydrogens (primary N) is 1. The van der Waals surface area contributed by atoms with Crippen molar-refractivity contribution in [2.75, 3.05) is 5.73 Å². The lowest BCUT2D eigenvalue weighted by Crippen LogP contribution is -2.25. The van der Waals surface area contributed by atoms with Gasteiger partial charge in [0.2, 0.25) is 0 Å². The van der Waals surface area contributed by atoms with Crippen LogP contribution < -0.4 is 5.73 Å². The summed E-state index contributed by atoms with van der Waals surface area (Å²) in [5, 5.41) is 10.9. The van der Waals surface area contributed by atoms with Crippen molar-refractivity contribution in [1.82, 2.24) is 14.5 Å². The molecular weight excluding hydrogens is 244 g/mol. The van der Waals surface area contributed by atoms with Gasteiger partial charge in [-0.25, -0.2) is 9.97 Å². The molecule has 5 atom stereocenters. The molecule has 100 valence electrons. The molecule has 2 fully saturated rings. The standard InChI is InChI=1S/C13H16N4O2/c1-6-8-9(13(8,2)18)19-12(6)17-4-3-7-10(14)15-5-16-11(7)17/h3-6,8-9,12,18H,1-2H3,(H2,14,15,16). The Kier molecular flexibility index (Phi) is 1.92. The van der Waals surface area contributed by atoms with Gasteiger partial charge in [0.05, 0.1) is 17.1 Å². The number of hydrogen-bond donors (Lipinski definition) is 2. The molecule has 4 rings (SSSR count). The Bertz CT molecular complexity index is 666. The molecule has 1 saturated heterocycles. The van der Waals surface area contributed by atoms with Crippen LogP contribution in [0.25, 0.3) is 11.0 Å². The van der Waals surface area contributed by atoms with E-state index in [-0.39, 0.29) is 24.2 Å². The van der Waals surface area contributed by atoms with E-state index in [2.05, 4.69) is 16.9 Å². The van der Waals surface area contributed by atoms with Gasteiger partial charge in [0.25, 0.3) is 0 Å². The largest absolute Gasteiger partial charge is 0.387 e. The topological polar surface area (TPSA) is 86.2 Å². The first-order chi connectivity index (χ1) is 9.01. The monoisotopic (exact) mass is 260 g/mol. The molecule has 0 bridgehead atoms. The van der Waals surface area contributed by atoms with Gasteiger partial charge in [-0.1, -0.05) is 6.92 Å². The summed E-state index contributed by atoms with van der Waals surface area (Å²) in [6.07, 6.45) is 3.23. The first-order valence-corrected chi connectivity index (χ1v) is 6.46. The van der Waals surface area contributed by atoms with Crippen molar-refractivity contribution in [3.05, 3.63) is 18.6 Å². The molecule has 1 saturated carbocycles. The van der Waals surface area contributed by atoms with Gasteiger partial charge in [0.15, 0.2) is 0 Å². The third-order valence-electron chi connectivity index (χ3n) is 4.58. The van der Waals surface area contributed by atoms with Crippen molar-refractivity contribution >= 4 is 16.9 Å². The normalized spacial score (nSPS) is 40.6. The fourth-order valence-corrected chi connectivity index (χ4v) is 3.49. The predicted molar refractivity (Wildman–Crippen MR) is 69.1 cm³/mol. The number of fused-ring (bicyclic) bond motifs is 2. The zero-order chi connectivity index (χ0) is 13.4. The molecule has 1 aliphatic carbocycles. The van der Waals surface area contributed by atoms with E-state index < -0.39 is 5.60 Å². The molecule has 6 heteroatoms. The predicted octanol–water partition coefficient (Wildman–Crippen LogP) is 0.928. The van der Waals surface area contributed by atoms with E-state index in [1.165, 1.54) is 6.33 Å². The number of nitrogen functional groups attached to an aromatic ring is 1. The van der Waals surface area contributed by atoms with Gasteiger partial charge >= 0.3 is 0 Å². The molecule has 3 N–H and O–H groups in total. The molecule has 19 heavy (non-hydrogen) atoms. The van der Waals surface area contributed by atoms with Crippen LogP contribution in [-0.4, -0.2) is 31.3 Å². The average Bonchev–Trinajstić information content (AvgIpc) is 2.72. The molecule has 1 aliphatic heterocycles. The fraction of sp³-hybridized carbons (Fsp3) is 0.538. The number of rotatable bonds is 1. The minimum absolute atomic E-state index is 0.0656. The summed E-state index contributed by atoms with van der Waals surface area (Å²) >= 11 is 0. The molecule has 0 spiro atoms. The SMILES string of the molecule is CC1C(n2ccc3c(N)ncnc32)OC2C1C2(C)O. The molecule has 2 aliphatic rings. The van der Waals surface area contributed by atoms with Gasteiger partial charge in [0, 0.05) is 18.0 Å². The number of nitrogens with zero attached hydrogens (tertiary/aromatic N) is 3. The maximum atomic E-state index is 10.1. The van der Waals surface area contributed by atoms with Crippen molar-refractivity contribution in [1.29, 1.82) is 0 Å². The summed E-state index contributed by atoms with van der Waals surface area (Å²) in [6.45, 7) is 3.94. The summed E-state index contributed by atoms with van der Waals surface area (Å²) in [7, 11) is 0. The lowest BCUT2D eigenvalue weighted by atomic mass is 10.0. The van der Waals surface area contributed by atoms with Crippen molar-refractivity contribution in [3.63, 3.8) is 0 Å². The van der Waals surface area contributed by atoms with Gasteiger partial charge in [-0.05, 0) is 13.0 Å². The number of aliphatic hydroxyl groups is 1. The number of hydrogen-bond acceptors (Lipinski definition) is 5. The first-order valence-electron chi connectivity index (χ1n) is 6.46. The van der Waals surface area contributed by atoms with E-state index in [0.29, 0.717) is 5.82 Å². The minimum Gasteiger partial charge on any atom is -0.387 e. The third kappa shape index (κ3) is 1.27. The highest BCUT2D eigenvalue weighted by atomic mass is 16.5. The van der Waals surface area contributed by atoms with Gasteiger partial charge < -0.3 is 20.1 Å². The molecule has 2 aromatic rings. The van der Waals surface area contributed by atoms with Gasteiger partial charge in [-0.3, -0.25) is 0 Å². The van der Waals surface area contributed by atoms with Crippen LogP contribution in [-0.2, 0) is 4.74 Å². The van der Waals surface area contributed by atoms with Gasteiger partial charge in [0.1, 0.15) is 24.0 Å². The van der Waals surface area contributed by atoms with Gasteiger partial charge in [-0.15, -0.1) is 0 Å². The van der Waals surface area contributed by atoms with E-state index in [0.717, 1.165) is 11.0 Å². The van der Waals surface area contributed by atoms with Crippen LogP contribution in [0.3, 0.4) is 0 Å². The quantitative estimate of drug-likeness (QED) is 0.796. The Morgan fingerprint density at radius 1 is 1.47 bits per heavy atom. The lowest BCUT2D eigenvalue weighted by Gasteiger charge is -2.24. The molecule has 0 radical (unpaired) electrons. The van der Waals surface area contributed by atoms with E-state index >= 15 is 0 Å². The summed E-state index contributed by atoms with van der Waals surface area (Å²) < 4.78 is 7.95. The van der Waals surface area contributed by atoms with E-state index in [4.69, 9.17) is 10.5 Å². The Labute approximate surface area is 110 Å². The maximum Gasteiger partial charge on any atom is 0.147 e. The Morgan fingerprint density at radius 3 is 2.95 bits per heavy atom. The molecule has 3 heterocycles. The summed E-state index contributed by atoms with van der Waals surface area (Å²) in [5.41, 5.74) is 5.95. The molecule has 6 nitrogen and oxygen atoms in total. The summed E-state index contributed by atoms with van der Waals surface area (Å²) in [6, 6.07) is 1.91. The third-order valence-corrected chi connectivity index (χ3v) is 4.58. The second-order valence-electron chi connectivity index (χ2n) is 5.78. The summed E-state index contributed by atoms with van der Waals surface area (Å²) in [5.74, 6) is 0.924. The van der Waals surface area contributed by atoms with Crippen molar-refractivity contribution in [2.24, 2.45) is 11.8 Å². The summed E-state index contributed by atoms with van der Waals surface area (Å²) in [4.78, 5) is 8.27. The second kappa shape index (κ2) is 3.26. The highest BCUT2D eigenvalue weighted by Gasteiger charge is 2.70. The first kappa shape index (κ1) is 11.2. The Hall–Kier alpha value is -1.66. The van der Waals surface area contributed by atoms with Crippen molar-refractivity contribution < 1.29 is 9.84 Å². The van der Waals surface area contributed by atoms with E-state index in [1.54, 1.807) is 0 Å². The average molecular weight is 260 g/mol. The van der Waals surface area contributed by atoms with Crippen LogP contribution in [0.15, 0.2) is 18.6 Å². The van der Waals surface area contributed by atoms with Crippen LogP contribution in [0.4, 0.5) is 5.82 Å². The molecule has 0 aromatic carbocycles. The van der Waals surface area contributed by atoms with Gasteiger partial charge in [-0.2, -0.15) is 0 Å². The minimum atomic E-state index is -0.674. The second-order valence-corrected chi connectivity index (χ2v) is 5.78. The molecular formula is C13H16N4O2. The van der Waals surface area contributed by atoms with E-state index in [1.807, 2.05) is 23.8 Å². The number of aromatic nitrogens is 3. The zero-order valence-corrected chi connectivity index (χ0v) is 10.8. The van der Waals surface area contributed by atoms with Crippen LogP contribution in [0, 0.1) is 11.8 Å². The molecule has 5 unspecified atom stereocenters. The smallest absolute Gasteiger partial charge is 0.147 e. The Morgan fingerprint density at radius 2 is 2.26 bits per heavy atom. The molecule has 0 amide bonds. The number of anilines is 1. The highest BCUT2D eigenvalue weighted by molar-refractivity contribution is 5.86. The maximum absolute atomic E-state index is 10.1. The molecule has 2 aromatic heterocycles. The fourth-order valence-electron chi connectivity index (χ4n) is 3.49. The van der Waals surface area contributed by atoms with Crippen molar-refractivity contribution in [3.8, 4) is 0 Å². The van der Waals surface area contributed by atoms with E-state index in [9.17, 15) is 5.11 Å². The van der Waals surface area contributed by atoms with Crippen LogP contribution in [0.1, 0.15) is 20.1 Å². The van der Waals surface area contributed by atoms with Crippen LogP contribution in [0.2, 0.25) is 0 Å². The van der Waals surface area contributed by atoms with Crippen LogP contribution in [0.5, 0.6) is 0 Å². The Balaban J connectivity index is 1.76. The van der Waals surface area contributed by atoms with Crippen molar-refractivity contribution in [2.45, 2.75) is 31.8 Å².